The molecule has 0 radical (unpaired) electrons. The van der Waals surface area contributed by atoms with Gasteiger partial charge in [0.2, 0.25) is 0 Å². The third-order valence-corrected chi connectivity index (χ3v) is 3.12. The normalized spacial score (nSPS) is 12.6. The van der Waals surface area contributed by atoms with Crippen molar-refractivity contribution in [3.05, 3.63) is 58.0 Å². The number of furan rings is 1. The number of hydrogen-bond donors (Lipinski definition) is 1. The Kier molecular flexibility index (Phi) is 4.11. The summed E-state index contributed by atoms with van der Waals surface area (Å²) in [5, 5.41) is 4.67. The summed E-state index contributed by atoms with van der Waals surface area (Å²) >= 11 is 12.1. The molecule has 0 aliphatic rings. The van der Waals surface area contributed by atoms with Crippen molar-refractivity contribution in [2.75, 3.05) is 6.54 Å². The van der Waals surface area contributed by atoms with E-state index >= 15 is 0 Å². The number of rotatable bonds is 4. The molecular formula is C13H13Cl2NO. The largest absolute Gasteiger partial charge is 0.472 e. The van der Waals surface area contributed by atoms with E-state index in [0.717, 1.165) is 17.7 Å². The predicted octanol–water partition coefficient (Wildman–Crippen LogP) is 4.29. The van der Waals surface area contributed by atoms with Crippen LogP contribution in [0.3, 0.4) is 0 Å². The Morgan fingerprint density at radius 3 is 2.71 bits per heavy atom. The van der Waals surface area contributed by atoms with E-state index in [-0.39, 0.29) is 6.04 Å². The van der Waals surface area contributed by atoms with Crippen molar-refractivity contribution < 1.29 is 4.42 Å². The summed E-state index contributed by atoms with van der Waals surface area (Å²) in [7, 11) is 0. The SMILES string of the molecule is CCNC(c1ccoc1)c1ccc(Cl)cc1Cl. The third kappa shape index (κ3) is 2.83. The van der Waals surface area contributed by atoms with Gasteiger partial charge >= 0.3 is 0 Å². The third-order valence-electron chi connectivity index (χ3n) is 2.56. The van der Waals surface area contributed by atoms with E-state index < -0.39 is 0 Å². The average Bonchev–Trinajstić information content (AvgIpc) is 2.80. The summed E-state index contributed by atoms with van der Waals surface area (Å²) in [5.41, 5.74) is 2.05. The summed E-state index contributed by atoms with van der Waals surface area (Å²) in [4.78, 5) is 0. The van der Waals surface area contributed by atoms with Gasteiger partial charge in [-0.3, -0.25) is 0 Å². The van der Waals surface area contributed by atoms with Crippen LogP contribution < -0.4 is 5.32 Å². The van der Waals surface area contributed by atoms with Crippen LogP contribution in [0.2, 0.25) is 10.0 Å². The molecule has 1 aromatic carbocycles. The number of benzene rings is 1. The molecule has 2 rings (SSSR count). The highest BCUT2D eigenvalue weighted by Crippen LogP contribution is 2.30. The Morgan fingerprint density at radius 1 is 1.29 bits per heavy atom. The first kappa shape index (κ1) is 12.5. The maximum atomic E-state index is 6.22. The average molecular weight is 270 g/mol. The van der Waals surface area contributed by atoms with Gasteiger partial charge in [-0.1, -0.05) is 36.2 Å². The highest BCUT2D eigenvalue weighted by atomic mass is 35.5. The Hall–Kier alpha value is -0.960. The summed E-state index contributed by atoms with van der Waals surface area (Å²) in [6.45, 7) is 2.89. The topological polar surface area (TPSA) is 25.2 Å². The summed E-state index contributed by atoms with van der Waals surface area (Å²) in [5.74, 6) is 0. The van der Waals surface area contributed by atoms with Gasteiger partial charge in [0.25, 0.3) is 0 Å². The molecule has 2 nitrogen and oxygen atoms in total. The second kappa shape index (κ2) is 5.58. The minimum absolute atomic E-state index is 0.0310. The molecule has 1 aromatic heterocycles. The van der Waals surface area contributed by atoms with Gasteiger partial charge in [0.1, 0.15) is 0 Å². The van der Waals surface area contributed by atoms with Crippen molar-refractivity contribution in [3.8, 4) is 0 Å². The predicted molar refractivity (Wildman–Crippen MR) is 70.7 cm³/mol. The zero-order chi connectivity index (χ0) is 12.3. The second-order valence-corrected chi connectivity index (χ2v) is 4.56. The van der Waals surface area contributed by atoms with Gasteiger partial charge in [-0.05, 0) is 30.3 Å². The van der Waals surface area contributed by atoms with E-state index in [4.69, 9.17) is 27.6 Å². The van der Waals surface area contributed by atoms with Crippen LogP contribution in [-0.2, 0) is 0 Å². The summed E-state index contributed by atoms with van der Waals surface area (Å²) in [6, 6.07) is 7.49. The van der Waals surface area contributed by atoms with E-state index in [0.29, 0.717) is 10.0 Å². The van der Waals surface area contributed by atoms with E-state index in [2.05, 4.69) is 12.2 Å². The first-order valence-electron chi connectivity index (χ1n) is 5.42. The lowest BCUT2D eigenvalue weighted by molar-refractivity contribution is 0.553. The molecule has 0 fully saturated rings. The van der Waals surface area contributed by atoms with Crippen LogP contribution >= 0.6 is 23.2 Å². The van der Waals surface area contributed by atoms with E-state index in [1.54, 1.807) is 18.6 Å². The van der Waals surface area contributed by atoms with Crippen molar-refractivity contribution in [2.45, 2.75) is 13.0 Å². The quantitative estimate of drug-likeness (QED) is 0.896. The van der Waals surface area contributed by atoms with Crippen LogP contribution in [0, 0.1) is 0 Å². The van der Waals surface area contributed by atoms with Crippen LogP contribution in [0.5, 0.6) is 0 Å². The standard InChI is InChI=1S/C13H13Cl2NO/c1-2-16-13(9-5-6-17-8-9)11-4-3-10(14)7-12(11)15/h3-8,13,16H,2H2,1H3. The zero-order valence-corrected chi connectivity index (χ0v) is 10.9. The minimum Gasteiger partial charge on any atom is -0.472 e. The molecule has 0 spiro atoms. The highest BCUT2D eigenvalue weighted by Gasteiger charge is 2.17. The van der Waals surface area contributed by atoms with E-state index in [9.17, 15) is 0 Å². The molecule has 2 aromatic rings. The number of hydrogen-bond acceptors (Lipinski definition) is 2. The molecule has 4 heteroatoms. The molecule has 1 N–H and O–H groups in total. The lowest BCUT2D eigenvalue weighted by Crippen LogP contribution is -2.21. The van der Waals surface area contributed by atoms with Crippen LogP contribution in [-0.4, -0.2) is 6.54 Å². The molecule has 1 heterocycles. The molecular weight excluding hydrogens is 257 g/mol. The second-order valence-electron chi connectivity index (χ2n) is 3.71. The maximum absolute atomic E-state index is 6.22. The monoisotopic (exact) mass is 269 g/mol. The van der Waals surface area contributed by atoms with Crippen molar-refractivity contribution in [1.82, 2.24) is 5.32 Å². The Balaban J connectivity index is 2.39. The van der Waals surface area contributed by atoms with Gasteiger partial charge in [0.15, 0.2) is 0 Å². The molecule has 0 amide bonds. The van der Waals surface area contributed by atoms with Gasteiger partial charge < -0.3 is 9.73 Å². The molecule has 0 bridgehead atoms. The fourth-order valence-electron chi connectivity index (χ4n) is 1.79. The molecule has 90 valence electrons. The number of halogens is 2. The molecule has 0 aliphatic carbocycles. The lowest BCUT2D eigenvalue weighted by atomic mass is 10.0. The first-order valence-corrected chi connectivity index (χ1v) is 6.18. The molecule has 0 aliphatic heterocycles. The summed E-state index contributed by atoms with van der Waals surface area (Å²) in [6.07, 6.45) is 3.38. The van der Waals surface area contributed by atoms with E-state index in [1.165, 1.54) is 0 Å². The van der Waals surface area contributed by atoms with Gasteiger partial charge in [0, 0.05) is 15.6 Å². The van der Waals surface area contributed by atoms with Crippen molar-refractivity contribution in [3.63, 3.8) is 0 Å². The maximum Gasteiger partial charge on any atom is 0.0953 e. The molecule has 0 saturated heterocycles. The first-order chi connectivity index (χ1) is 8.22. The van der Waals surface area contributed by atoms with Crippen LogP contribution in [0.15, 0.2) is 41.2 Å². The fourth-order valence-corrected chi connectivity index (χ4v) is 2.30. The smallest absolute Gasteiger partial charge is 0.0953 e. The highest BCUT2D eigenvalue weighted by molar-refractivity contribution is 6.35. The van der Waals surface area contributed by atoms with Gasteiger partial charge in [-0.15, -0.1) is 0 Å². The molecule has 0 saturated carbocycles. The molecule has 1 unspecified atom stereocenters. The zero-order valence-electron chi connectivity index (χ0n) is 9.41. The van der Waals surface area contributed by atoms with E-state index in [1.807, 2.05) is 18.2 Å². The van der Waals surface area contributed by atoms with Crippen LogP contribution in [0.4, 0.5) is 0 Å². The molecule has 17 heavy (non-hydrogen) atoms. The Morgan fingerprint density at radius 2 is 2.12 bits per heavy atom. The minimum atomic E-state index is 0.0310. The van der Waals surface area contributed by atoms with Crippen molar-refractivity contribution >= 4 is 23.2 Å². The Labute approximate surface area is 111 Å². The van der Waals surface area contributed by atoms with Gasteiger partial charge in [0.05, 0.1) is 18.6 Å². The fraction of sp³-hybridized carbons (Fsp3) is 0.231. The van der Waals surface area contributed by atoms with Crippen molar-refractivity contribution in [2.24, 2.45) is 0 Å². The van der Waals surface area contributed by atoms with Crippen LogP contribution in [0.1, 0.15) is 24.1 Å². The van der Waals surface area contributed by atoms with Gasteiger partial charge in [-0.25, -0.2) is 0 Å². The summed E-state index contributed by atoms with van der Waals surface area (Å²) < 4.78 is 5.12. The lowest BCUT2D eigenvalue weighted by Gasteiger charge is -2.18. The number of nitrogens with one attached hydrogen (secondary N) is 1. The molecule has 1 atom stereocenters. The van der Waals surface area contributed by atoms with Crippen LogP contribution in [0.25, 0.3) is 0 Å². The Bertz CT molecular complexity index is 482. The van der Waals surface area contributed by atoms with Gasteiger partial charge in [-0.2, -0.15) is 0 Å². The van der Waals surface area contributed by atoms with Crippen molar-refractivity contribution in [1.29, 1.82) is 0 Å².